The Morgan fingerprint density at radius 3 is 2.64 bits per heavy atom. The number of ether oxygens (including phenoxy) is 1. The molecule has 2 heteroatoms. The van der Waals surface area contributed by atoms with Gasteiger partial charge in [0, 0.05) is 5.02 Å². The van der Waals surface area contributed by atoms with E-state index in [0.717, 1.165) is 5.75 Å². The minimum atomic E-state index is 0.202. The molecule has 0 saturated heterocycles. The Bertz CT molecular complexity index is 233. The van der Waals surface area contributed by atoms with Crippen LogP contribution in [0.5, 0.6) is 5.75 Å². The maximum atomic E-state index is 5.75. The van der Waals surface area contributed by atoms with Crippen LogP contribution in [0.4, 0.5) is 0 Å². The van der Waals surface area contributed by atoms with Crippen LogP contribution >= 0.6 is 11.6 Å². The number of hydrogen-bond donors (Lipinski definition) is 0. The standard InChI is InChI=1S/C9H11ClO/c1-7(2)11-9-5-3-4-8(10)6-9/h3-7H,1-2H3. The summed E-state index contributed by atoms with van der Waals surface area (Å²) < 4.78 is 5.41. The molecule has 0 radical (unpaired) electrons. The largest absolute Gasteiger partial charge is 0.491 e. The molecule has 1 aromatic carbocycles. The first-order valence-corrected chi connectivity index (χ1v) is 3.98. The molecule has 0 amide bonds. The SMILES string of the molecule is CC(C)Oc1cccc(Cl)c1. The van der Waals surface area contributed by atoms with Crippen LogP contribution < -0.4 is 4.74 Å². The zero-order valence-electron chi connectivity index (χ0n) is 6.67. The summed E-state index contributed by atoms with van der Waals surface area (Å²) in [7, 11) is 0. The lowest BCUT2D eigenvalue weighted by Gasteiger charge is -2.08. The van der Waals surface area contributed by atoms with Gasteiger partial charge in [-0.3, -0.25) is 0 Å². The normalized spacial score (nSPS) is 10.2. The summed E-state index contributed by atoms with van der Waals surface area (Å²) in [6, 6.07) is 7.40. The Labute approximate surface area is 71.9 Å². The number of benzene rings is 1. The predicted octanol–water partition coefficient (Wildman–Crippen LogP) is 3.13. The highest BCUT2D eigenvalue weighted by Crippen LogP contribution is 2.17. The van der Waals surface area contributed by atoms with E-state index in [-0.39, 0.29) is 6.10 Å². The van der Waals surface area contributed by atoms with E-state index in [1.807, 2.05) is 38.1 Å². The molecular formula is C9H11ClO. The number of hydrogen-bond acceptors (Lipinski definition) is 1. The van der Waals surface area contributed by atoms with Crippen molar-refractivity contribution in [1.82, 2.24) is 0 Å². The fourth-order valence-corrected chi connectivity index (χ4v) is 0.993. The summed E-state index contributed by atoms with van der Waals surface area (Å²) >= 11 is 5.75. The van der Waals surface area contributed by atoms with E-state index in [1.165, 1.54) is 0 Å². The summed E-state index contributed by atoms with van der Waals surface area (Å²) in [6.07, 6.45) is 0.202. The average molecular weight is 171 g/mol. The molecule has 0 spiro atoms. The van der Waals surface area contributed by atoms with Crippen molar-refractivity contribution in [1.29, 1.82) is 0 Å². The molecule has 0 bridgehead atoms. The van der Waals surface area contributed by atoms with Gasteiger partial charge in [0.2, 0.25) is 0 Å². The Morgan fingerprint density at radius 1 is 1.36 bits per heavy atom. The Kier molecular flexibility index (Phi) is 2.77. The molecule has 0 aliphatic carbocycles. The smallest absolute Gasteiger partial charge is 0.121 e. The van der Waals surface area contributed by atoms with Crippen molar-refractivity contribution in [2.45, 2.75) is 20.0 Å². The molecule has 60 valence electrons. The highest BCUT2D eigenvalue weighted by atomic mass is 35.5. The van der Waals surface area contributed by atoms with Gasteiger partial charge in [-0.05, 0) is 32.0 Å². The summed E-state index contributed by atoms with van der Waals surface area (Å²) in [4.78, 5) is 0. The van der Waals surface area contributed by atoms with Gasteiger partial charge in [-0.2, -0.15) is 0 Å². The summed E-state index contributed by atoms with van der Waals surface area (Å²) in [5.74, 6) is 0.826. The molecule has 0 unspecified atom stereocenters. The zero-order chi connectivity index (χ0) is 8.27. The van der Waals surface area contributed by atoms with Gasteiger partial charge in [0.15, 0.2) is 0 Å². The minimum Gasteiger partial charge on any atom is -0.491 e. The molecule has 0 atom stereocenters. The summed E-state index contributed by atoms with van der Waals surface area (Å²) in [5, 5.41) is 0.711. The summed E-state index contributed by atoms with van der Waals surface area (Å²) in [6.45, 7) is 3.97. The van der Waals surface area contributed by atoms with Crippen LogP contribution in [0.25, 0.3) is 0 Å². The first kappa shape index (κ1) is 8.41. The van der Waals surface area contributed by atoms with Crippen molar-refractivity contribution < 1.29 is 4.74 Å². The first-order chi connectivity index (χ1) is 5.18. The molecule has 0 saturated carbocycles. The van der Waals surface area contributed by atoms with E-state index in [2.05, 4.69) is 0 Å². The highest BCUT2D eigenvalue weighted by Gasteiger charge is 1.96. The van der Waals surface area contributed by atoms with Crippen LogP contribution in [0.3, 0.4) is 0 Å². The molecule has 0 heterocycles. The van der Waals surface area contributed by atoms with E-state index in [0.29, 0.717) is 5.02 Å². The van der Waals surface area contributed by atoms with Gasteiger partial charge >= 0.3 is 0 Å². The van der Waals surface area contributed by atoms with Crippen LogP contribution in [0.1, 0.15) is 13.8 Å². The Balaban J connectivity index is 2.71. The van der Waals surface area contributed by atoms with Crippen LogP contribution in [-0.4, -0.2) is 6.10 Å². The maximum absolute atomic E-state index is 5.75. The monoisotopic (exact) mass is 170 g/mol. The molecule has 0 N–H and O–H groups in total. The lowest BCUT2D eigenvalue weighted by Crippen LogP contribution is -2.04. The second-order valence-corrected chi connectivity index (χ2v) is 3.06. The third-order valence-electron chi connectivity index (χ3n) is 1.17. The Morgan fingerprint density at radius 2 is 2.09 bits per heavy atom. The van der Waals surface area contributed by atoms with Crippen molar-refractivity contribution >= 4 is 11.6 Å². The summed E-state index contributed by atoms with van der Waals surface area (Å²) in [5.41, 5.74) is 0. The molecule has 11 heavy (non-hydrogen) atoms. The minimum absolute atomic E-state index is 0.202. The van der Waals surface area contributed by atoms with Crippen molar-refractivity contribution in [2.24, 2.45) is 0 Å². The zero-order valence-corrected chi connectivity index (χ0v) is 7.43. The highest BCUT2D eigenvalue weighted by molar-refractivity contribution is 6.30. The lowest BCUT2D eigenvalue weighted by atomic mass is 10.3. The van der Waals surface area contributed by atoms with Gasteiger partial charge in [0.25, 0.3) is 0 Å². The molecule has 0 fully saturated rings. The molecule has 1 rings (SSSR count). The van der Waals surface area contributed by atoms with Crippen LogP contribution in [0, 0.1) is 0 Å². The van der Waals surface area contributed by atoms with Crippen molar-refractivity contribution in [3.63, 3.8) is 0 Å². The molecule has 0 aromatic heterocycles. The number of halogens is 1. The fourth-order valence-electron chi connectivity index (χ4n) is 0.812. The third-order valence-corrected chi connectivity index (χ3v) is 1.40. The molecule has 0 aliphatic rings. The van der Waals surface area contributed by atoms with Gasteiger partial charge in [-0.25, -0.2) is 0 Å². The third kappa shape index (κ3) is 2.81. The second-order valence-electron chi connectivity index (χ2n) is 2.62. The van der Waals surface area contributed by atoms with Crippen LogP contribution in [0.2, 0.25) is 5.02 Å². The average Bonchev–Trinajstić information content (AvgIpc) is 1.85. The molecular weight excluding hydrogens is 160 g/mol. The molecule has 1 aromatic rings. The van der Waals surface area contributed by atoms with Crippen LogP contribution in [0.15, 0.2) is 24.3 Å². The van der Waals surface area contributed by atoms with E-state index in [4.69, 9.17) is 16.3 Å². The van der Waals surface area contributed by atoms with Crippen molar-refractivity contribution in [3.8, 4) is 5.75 Å². The van der Waals surface area contributed by atoms with E-state index in [9.17, 15) is 0 Å². The Hall–Kier alpha value is -0.690. The predicted molar refractivity (Wildman–Crippen MR) is 47.2 cm³/mol. The maximum Gasteiger partial charge on any atom is 0.121 e. The van der Waals surface area contributed by atoms with Gasteiger partial charge in [-0.1, -0.05) is 17.7 Å². The van der Waals surface area contributed by atoms with E-state index in [1.54, 1.807) is 0 Å². The van der Waals surface area contributed by atoms with Crippen LogP contribution in [-0.2, 0) is 0 Å². The van der Waals surface area contributed by atoms with Crippen molar-refractivity contribution in [2.75, 3.05) is 0 Å². The topological polar surface area (TPSA) is 9.23 Å². The van der Waals surface area contributed by atoms with E-state index >= 15 is 0 Å². The number of rotatable bonds is 2. The second kappa shape index (κ2) is 3.63. The lowest BCUT2D eigenvalue weighted by molar-refractivity contribution is 0.242. The van der Waals surface area contributed by atoms with Gasteiger partial charge < -0.3 is 4.74 Å². The molecule has 1 nitrogen and oxygen atoms in total. The first-order valence-electron chi connectivity index (χ1n) is 3.60. The van der Waals surface area contributed by atoms with Gasteiger partial charge in [-0.15, -0.1) is 0 Å². The van der Waals surface area contributed by atoms with Crippen molar-refractivity contribution in [3.05, 3.63) is 29.3 Å². The quantitative estimate of drug-likeness (QED) is 0.663. The molecule has 0 aliphatic heterocycles. The fraction of sp³-hybridized carbons (Fsp3) is 0.333. The van der Waals surface area contributed by atoms with Gasteiger partial charge in [0.1, 0.15) is 5.75 Å². The van der Waals surface area contributed by atoms with E-state index < -0.39 is 0 Å². The van der Waals surface area contributed by atoms with Gasteiger partial charge in [0.05, 0.1) is 6.10 Å².